The van der Waals surface area contributed by atoms with E-state index in [1.807, 2.05) is 31.2 Å². The van der Waals surface area contributed by atoms with Crippen molar-refractivity contribution < 1.29 is 29.3 Å². The molecule has 0 spiro atoms. The normalized spacial score (nSPS) is 24.4. The molecule has 29 heavy (non-hydrogen) atoms. The fourth-order valence-corrected chi connectivity index (χ4v) is 3.87. The fraction of sp³-hybridized carbons (Fsp3) is 0.476. The van der Waals surface area contributed by atoms with E-state index in [-0.39, 0.29) is 18.0 Å². The van der Waals surface area contributed by atoms with Crippen molar-refractivity contribution >= 4 is 29.5 Å². The van der Waals surface area contributed by atoms with Crippen LogP contribution < -0.4 is 10.2 Å². The molecule has 2 saturated heterocycles. The number of carboxylic acids is 2. The fourth-order valence-electron chi connectivity index (χ4n) is 3.75. The van der Waals surface area contributed by atoms with Gasteiger partial charge in [-0.25, -0.2) is 0 Å². The van der Waals surface area contributed by atoms with E-state index in [0.29, 0.717) is 29.3 Å². The van der Waals surface area contributed by atoms with Gasteiger partial charge < -0.3 is 29.4 Å². The minimum atomic E-state index is -1.55. The molecule has 0 saturated carbocycles. The minimum Gasteiger partial charge on any atom is -0.545 e. The SMILES string of the molecule is CC(C(=O)OC1CC2CCC(C1)N2C)c1ccc(Cl)cc1.O=C([O-])/C=C\C(=O)[O-]. The van der Waals surface area contributed by atoms with Gasteiger partial charge in [0.05, 0.1) is 17.9 Å². The molecule has 158 valence electrons. The van der Waals surface area contributed by atoms with Crippen molar-refractivity contribution in [3.8, 4) is 0 Å². The first-order chi connectivity index (χ1) is 13.7. The Kier molecular flexibility index (Phi) is 8.22. The molecule has 0 radical (unpaired) electrons. The second kappa shape index (κ2) is 10.4. The molecule has 3 unspecified atom stereocenters. The maximum atomic E-state index is 12.3. The Morgan fingerprint density at radius 2 is 1.55 bits per heavy atom. The van der Waals surface area contributed by atoms with Gasteiger partial charge in [-0.3, -0.25) is 4.79 Å². The smallest absolute Gasteiger partial charge is 0.313 e. The van der Waals surface area contributed by atoms with Crippen molar-refractivity contribution in [1.29, 1.82) is 0 Å². The van der Waals surface area contributed by atoms with Gasteiger partial charge in [-0.1, -0.05) is 23.7 Å². The molecule has 8 heteroatoms. The van der Waals surface area contributed by atoms with Crippen molar-refractivity contribution in [1.82, 2.24) is 4.90 Å². The van der Waals surface area contributed by atoms with E-state index in [9.17, 15) is 24.6 Å². The number of hydrogen-bond donors (Lipinski definition) is 0. The van der Waals surface area contributed by atoms with Crippen LogP contribution in [0.3, 0.4) is 0 Å². The number of piperidine rings is 1. The molecule has 0 aromatic heterocycles. The summed E-state index contributed by atoms with van der Waals surface area (Å²) in [4.78, 5) is 33.6. The van der Waals surface area contributed by atoms with Crippen LogP contribution in [0.1, 0.15) is 44.1 Å². The summed E-state index contributed by atoms with van der Waals surface area (Å²) in [6.45, 7) is 1.90. The van der Waals surface area contributed by atoms with E-state index in [1.54, 1.807) is 0 Å². The molecule has 2 heterocycles. The number of carbonyl (C=O) groups excluding carboxylic acids is 3. The molecule has 1 aromatic rings. The molecule has 2 bridgehead atoms. The van der Waals surface area contributed by atoms with Crippen molar-refractivity contribution in [3.63, 3.8) is 0 Å². The van der Waals surface area contributed by atoms with Gasteiger partial charge in [0.1, 0.15) is 6.10 Å². The number of ether oxygens (including phenoxy) is 1. The van der Waals surface area contributed by atoms with Gasteiger partial charge in [-0.2, -0.15) is 0 Å². The van der Waals surface area contributed by atoms with Crippen LogP contribution in [0, 0.1) is 0 Å². The largest absolute Gasteiger partial charge is 0.545 e. The zero-order valence-electron chi connectivity index (χ0n) is 16.4. The molecular weight excluding hydrogens is 398 g/mol. The minimum absolute atomic E-state index is 0.0842. The van der Waals surface area contributed by atoms with Gasteiger partial charge in [0.2, 0.25) is 0 Å². The number of nitrogens with zero attached hydrogens (tertiary/aromatic N) is 1. The lowest BCUT2D eigenvalue weighted by molar-refractivity contribution is -0.301. The number of halogens is 1. The average Bonchev–Trinajstić information content (AvgIpc) is 2.88. The Bertz CT molecular complexity index is 733. The maximum Gasteiger partial charge on any atom is 0.313 e. The summed E-state index contributed by atoms with van der Waals surface area (Å²) in [7, 11) is 2.19. The second-order valence-corrected chi connectivity index (χ2v) is 7.76. The Morgan fingerprint density at radius 3 is 2.00 bits per heavy atom. The summed E-state index contributed by atoms with van der Waals surface area (Å²) in [6.07, 6.45) is 5.29. The third kappa shape index (κ3) is 6.87. The number of esters is 1. The molecule has 3 atom stereocenters. The molecule has 0 amide bonds. The topological polar surface area (TPSA) is 110 Å². The summed E-state index contributed by atoms with van der Waals surface area (Å²) < 4.78 is 5.77. The Hall–Kier alpha value is -2.38. The highest BCUT2D eigenvalue weighted by Gasteiger charge is 2.40. The lowest BCUT2D eigenvalue weighted by Gasteiger charge is -2.36. The lowest BCUT2D eigenvalue weighted by Crippen LogP contribution is -2.43. The van der Waals surface area contributed by atoms with Crippen LogP contribution in [-0.4, -0.2) is 48.0 Å². The Morgan fingerprint density at radius 1 is 1.07 bits per heavy atom. The van der Waals surface area contributed by atoms with E-state index < -0.39 is 11.9 Å². The van der Waals surface area contributed by atoms with E-state index >= 15 is 0 Å². The van der Waals surface area contributed by atoms with Gasteiger partial charge in [-0.15, -0.1) is 0 Å². The van der Waals surface area contributed by atoms with Gasteiger partial charge in [0.15, 0.2) is 0 Å². The first-order valence-corrected chi connectivity index (χ1v) is 9.83. The number of rotatable bonds is 5. The number of aliphatic carboxylic acids is 2. The van der Waals surface area contributed by atoms with Gasteiger partial charge in [-0.05, 0) is 69.5 Å². The first kappa shape index (κ1) is 22.9. The highest BCUT2D eigenvalue weighted by Crippen LogP contribution is 2.36. The predicted octanol–water partition coefficient (Wildman–Crippen LogP) is 0.654. The van der Waals surface area contributed by atoms with Crippen molar-refractivity contribution in [2.75, 3.05) is 7.05 Å². The third-order valence-electron chi connectivity index (χ3n) is 5.42. The van der Waals surface area contributed by atoms with Crippen LogP contribution in [0.15, 0.2) is 36.4 Å². The third-order valence-corrected chi connectivity index (χ3v) is 5.67. The van der Waals surface area contributed by atoms with Gasteiger partial charge in [0.25, 0.3) is 0 Å². The van der Waals surface area contributed by atoms with Crippen LogP contribution in [0.2, 0.25) is 5.02 Å². The molecular formula is C21H24ClNO6-2. The molecule has 0 aliphatic carbocycles. The summed E-state index contributed by atoms with van der Waals surface area (Å²) >= 11 is 5.88. The Balaban J connectivity index is 0.000000321. The quantitative estimate of drug-likeness (QED) is 0.507. The molecule has 7 nitrogen and oxygen atoms in total. The highest BCUT2D eigenvalue weighted by atomic mass is 35.5. The standard InChI is InChI=1S/C17H22ClNO2.C4H4O4/c1-11(12-3-5-13(18)6-4-12)17(20)21-16-9-14-7-8-15(10-16)19(14)2;5-3(6)1-2-4(7)8/h3-6,11,14-16H,7-10H2,1-2H3;1-2H,(H,5,6)(H,7,8)/p-2/b;2-1-. The Labute approximate surface area is 174 Å². The molecule has 2 aliphatic rings. The van der Waals surface area contributed by atoms with Crippen LogP contribution >= 0.6 is 11.6 Å². The van der Waals surface area contributed by atoms with Gasteiger partial charge in [0, 0.05) is 17.1 Å². The van der Waals surface area contributed by atoms with Crippen LogP contribution in [0.5, 0.6) is 0 Å². The zero-order chi connectivity index (χ0) is 21.6. The lowest BCUT2D eigenvalue weighted by atomic mass is 9.99. The molecule has 1 aromatic carbocycles. The van der Waals surface area contributed by atoms with E-state index in [2.05, 4.69) is 11.9 Å². The average molecular weight is 422 g/mol. The zero-order valence-corrected chi connectivity index (χ0v) is 17.1. The van der Waals surface area contributed by atoms with Crippen molar-refractivity contribution in [3.05, 3.63) is 47.0 Å². The van der Waals surface area contributed by atoms with Crippen molar-refractivity contribution in [2.24, 2.45) is 0 Å². The number of benzene rings is 1. The summed E-state index contributed by atoms with van der Waals surface area (Å²) in [5.74, 6) is -3.45. The molecule has 2 fully saturated rings. The molecule has 0 N–H and O–H groups in total. The summed E-state index contributed by atoms with van der Waals surface area (Å²) in [6, 6.07) is 8.60. The second-order valence-electron chi connectivity index (χ2n) is 7.33. The highest BCUT2D eigenvalue weighted by molar-refractivity contribution is 6.30. The molecule has 3 rings (SSSR count). The predicted molar refractivity (Wildman–Crippen MR) is 103 cm³/mol. The molecule has 2 aliphatic heterocycles. The number of carbonyl (C=O) groups is 3. The summed E-state index contributed by atoms with van der Waals surface area (Å²) in [5.41, 5.74) is 0.959. The maximum absolute atomic E-state index is 12.3. The van der Waals surface area contributed by atoms with Crippen LogP contribution in [0.4, 0.5) is 0 Å². The van der Waals surface area contributed by atoms with E-state index in [1.165, 1.54) is 12.8 Å². The first-order valence-electron chi connectivity index (χ1n) is 9.45. The number of fused-ring (bicyclic) bond motifs is 2. The number of carboxylic acid groups (broad SMARTS) is 2. The monoisotopic (exact) mass is 421 g/mol. The van der Waals surface area contributed by atoms with Crippen molar-refractivity contribution in [2.45, 2.75) is 56.7 Å². The van der Waals surface area contributed by atoms with E-state index in [4.69, 9.17) is 16.3 Å². The van der Waals surface area contributed by atoms with Crippen LogP contribution in [0.25, 0.3) is 0 Å². The van der Waals surface area contributed by atoms with E-state index in [0.717, 1.165) is 18.4 Å². The number of hydrogen-bond acceptors (Lipinski definition) is 7. The van der Waals surface area contributed by atoms with Crippen LogP contribution in [-0.2, 0) is 19.1 Å². The summed E-state index contributed by atoms with van der Waals surface area (Å²) in [5, 5.41) is 19.5. The van der Waals surface area contributed by atoms with Gasteiger partial charge >= 0.3 is 5.97 Å².